The molecule has 0 radical (unpaired) electrons. The number of carbonyl (C=O) groups excluding carboxylic acids is 2. The molecule has 0 aliphatic heterocycles. The molecule has 0 aromatic heterocycles. The Morgan fingerprint density at radius 3 is 2.56 bits per heavy atom. The normalized spacial score (nSPS) is 12.7. The van der Waals surface area contributed by atoms with Gasteiger partial charge in [0.1, 0.15) is 0 Å². The number of Topliss-reactive ketones (excluding diaryl/α,β-unsaturated/α-hetero) is 1. The van der Waals surface area contributed by atoms with Gasteiger partial charge < -0.3 is 0 Å². The molecule has 0 aromatic carbocycles. The van der Waals surface area contributed by atoms with Crippen LogP contribution >= 0.6 is 0 Å². The van der Waals surface area contributed by atoms with E-state index in [1.807, 2.05) is 13.8 Å². The first-order valence-corrected chi connectivity index (χ1v) is 3.18. The van der Waals surface area contributed by atoms with Gasteiger partial charge in [0.2, 0.25) is 0 Å². The third kappa shape index (κ3) is 3.88. The summed E-state index contributed by atoms with van der Waals surface area (Å²) < 4.78 is 0. The van der Waals surface area contributed by atoms with Gasteiger partial charge in [-0.2, -0.15) is 0 Å². The van der Waals surface area contributed by atoms with Gasteiger partial charge in [0.25, 0.3) is 0 Å². The van der Waals surface area contributed by atoms with Gasteiger partial charge in [0, 0.05) is 6.42 Å². The van der Waals surface area contributed by atoms with Crippen LogP contribution in [0.4, 0.5) is 0 Å². The Labute approximate surface area is 55.3 Å². The average Bonchev–Trinajstić information content (AvgIpc) is 1.87. The van der Waals surface area contributed by atoms with E-state index < -0.39 is 0 Å². The van der Waals surface area contributed by atoms with Crippen molar-refractivity contribution in [3.8, 4) is 0 Å². The second kappa shape index (κ2) is 4.24. The van der Waals surface area contributed by atoms with Crippen LogP contribution in [-0.2, 0) is 9.59 Å². The second-order valence-electron chi connectivity index (χ2n) is 2.30. The van der Waals surface area contributed by atoms with Gasteiger partial charge in [-0.15, -0.1) is 0 Å². The van der Waals surface area contributed by atoms with E-state index in [4.69, 9.17) is 0 Å². The average molecular weight is 128 g/mol. The summed E-state index contributed by atoms with van der Waals surface area (Å²) in [5.41, 5.74) is 0. The Balaban J connectivity index is 3.46. The molecule has 0 saturated heterocycles. The topological polar surface area (TPSA) is 34.1 Å². The van der Waals surface area contributed by atoms with E-state index in [1.165, 1.54) is 0 Å². The molecular weight excluding hydrogens is 116 g/mol. The molecular formula is C7H12O2. The molecule has 0 aliphatic rings. The van der Waals surface area contributed by atoms with Crippen LogP contribution in [0.25, 0.3) is 0 Å². The number of hydrogen-bond donors (Lipinski definition) is 0. The van der Waals surface area contributed by atoms with Gasteiger partial charge in [-0.3, -0.25) is 9.59 Å². The Kier molecular flexibility index (Phi) is 3.93. The number of hydrogen-bond acceptors (Lipinski definition) is 2. The van der Waals surface area contributed by atoms with Crippen molar-refractivity contribution in [2.75, 3.05) is 0 Å². The Morgan fingerprint density at radius 2 is 2.22 bits per heavy atom. The second-order valence-corrected chi connectivity index (χ2v) is 2.30. The summed E-state index contributed by atoms with van der Waals surface area (Å²) in [7, 11) is 0. The molecule has 2 heteroatoms. The van der Waals surface area contributed by atoms with Gasteiger partial charge in [-0.25, -0.2) is 0 Å². The predicted octanol–water partition coefficient (Wildman–Crippen LogP) is 1.19. The first kappa shape index (κ1) is 8.34. The summed E-state index contributed by atoms with van der Waals surface area (Å²) in [5, 5.41) is 0. The van der Waals surface area contributed by atoms with Crippen LogP contribution in [-0.4, -0.2) is 12.1 Å². The lowest BCUT2D eigenvalue weighted by Crippen LogP contribution is -2.04. The summed E-state index contributed by atoms with van der Waals surface area (Å²) in [4.78, 5) is 20.2. The van der Waals surface area contributed by atoms with Crippen LogP contribution in [0, 0.1) is 5.92 Å². The number of ketones is 1. The molecule has 0 spiro atoms. The molecule has 0 N–H and O–H groups in total. The van der Waals surface area contributed by atoms with Gasteiger partial charge in [0.05, 0.1) is 0 Å². The van der Waals surface area contributed by atoms with Gasteiger partial charge in [0.15, 0.2) is 12.1 Å². The van der Waals surface area contributed by atoms with Crippen molar-refractivity contribution in [1.29, 1.82) is 0 Å². The highest BCUT2D eigenvalue weighted by Gasteiger charge is 2.04. The van der Waals surface area contributed by atoms with E-state index in [0.29, 0.717) is 18.6 Å². The van der Waals surface area contributed by atoms with Crippen molar-refractivity contribution < 1.29 is 9.59 Å². The van der Waals surface area contributed by atoms with Crippen molar-refractivity contribution in [2.45, 2.75) is 26.7 Å². The van der Waals surface area contributed by atoms with Gasteiger partial charge >= 0.3 is 0 Å². The summed E-state index contributed by atoms with van der Waals surface area (Å²) in [5.74, 6) is 0.0621. The predicted molar refractivity (Wildman–Crippen MR) is 35.1 cm³/mol. The zero-order valence-corrected chi connectivity index (χ0v) is 5.89. The van der Waals surface area contributed by atoms with Gasteiger partial charge in [-0.1, -0.05) is 20.3 Å². The summed E-state index contributed by atoms with van der Waals surface area (Å²) in [6, 6.07) is 0. The van der Waals surface area contributed by atoms with Crippen LogP contribution in [0.2, 0.25) is 0 Å². The third-order valence-corrected chi connectivity index (χ3v) is 1.38. The smallest absolute Gasteiger partial charge is 0.195 e. The van der Waals surface area contributed by atoms with Crippen LogP contribution in [0.5, 0.6) is 0 Å². The summed E-state index contributed by atoms with van der Waals surface area (Å²) in [6.07, 6.45) is 1.76. The first-order chi connectivity index (χ1) is 4.20. The minimum Gasteiger partial charge on any atom is -0.295 e. The quantitative estimate of drug-likeness (QED) is 0.421. The lowest BCUT2D eigenvalue weighted by molar-refractivity contribution is -0.130. The maximum absolute atomic E-state index is 10.4. The lowest BCUT2D eigenvalue weighted by atomic mass is 10.0. The fourth-order valence-corrected chi connectivity index (χ4v) is 0.536. The minimum atomic E-state index is -0.288. The van der Waals surface area contributed by atoms with Crippen molar-refractivity contribution in [1.82, 2.24) is 0 Å². The number of aldehydes is 1. The Bertz CT molecular complexity index is 107. The molecule has 1 atom stereocenters. The van der Waals surface area contributed by atoms with Crippen molar-refractivity contribution in [3.05, 3.63) is 0 Å². The molecule has 0 fully saturated rings. The molecule has 0 aliphatic carbocycles. The first-order valence-electron chi connectivity index (χ1n) is 3.18. The SMILES string of the molecule is CCC(C)CC(=O)C=O. The monoisotopic (exact) mass is 128 g/mol. The molecule has 0 amide bonds. The zero-order chi connectivity index (χ0) is 7.28. The highest BCUT2D eigenvalue weighted by Crippen LogP contribution is 2.04. The fourth-order valence-electron chi connectivity index (χ4n) is 0.536. The van der Waals surface area contributed by atoms with E-state index >= 15 is 0 Å². The standard InChI is InChI=1S/C7H12O2/c1-3-6(2)4-7(9)5-8/h5-6H,3-4H2,1-2H3. The highest BCUT2D eigenvalue weighted by molar-refractivity contribution is 6.24. The Hall–Kier alpha value is -0.660. The summed E-state index contributed by atoms with van der Waals surface area (Å²) >= 11 is 0. The van der Waals surface area contributed by atoms with E-state index in [1.54, 1.807) is 0 Å². The molecule has 0 rings (SSSR count). The fraction of sp³-hybridized carbons (Fsp3) is 0.714. The number of rotatable bonds is 4. The highest BCUT2D eigenvalue weighted by atomic mass is 16.2. The van der Waals surface area contributed by atoms with Crippen LogP contribution in [0.3, 0.4) is 0 Å². The van der Waals surface area contributed by atoms with Crippen LogP contribution in [0.1, 0.15) is 26.7 Å². The van der Waals surface area contributed by atoms with Crippen molar-refractivity contribution >= 4 is 12.1 Å². The molecule has 0 bridgehead atoms. The van der Waals surface area contributed by atoms with Crippen LogP contribution < -0.4 is 0 Å². The van der Waals surface area contributed by atoms with E-state index in [-0.39, 0.29) is 5.78 Å². The lowest BCUT2D eigenvalue weighted by Gasteiger charge is -2.01. The molecule has 0 saturated carbocycles. The van der Waals surface area contributed by atoms with Gasteiger partial charge in [-0.05, 0) is 5.92 Å². The van der Waals surface area contributed by atoms with Crippen molar-refractivity contribution in [2.24, 2.45) is 5.92 Å². The maximum Gasteiger partial charge on any atom is 0.195 e. The Morgan fingerprint density at radius 1 is 1.67 bits per heavy atom. The number of carbonyl (C=O) groups is 2. The maximum atomic E-state index is 10.4. The van der Waals surface area contributed by atoms with E-state index in [0.717, 1.165) is 6.42 Å². The molecule has 1 unspecified atom stereocenters. The molecule has 0 heterocycles. The molecule has 52 valence electrons. The van der Waals surface area contributed by atoms with Crippen LogP contribution in [0.15, 0.2) is 0 Å². The molecule has 0 aromatic rings. The molecule has 2 nitrogen and oxygen atoms in total. The van der Waals surface area contributed by atoms with E-state index in [9.17, 15) is 9.59 Å². The minimum absolute atomic E-state index is 0.288. The zero-order valence-electron chi connectivity index (χ0n) is 5.89. The molecule has 9 heavy (non-hydrogen) atoms. The summed E-state index contributed by atoms with van der Waals surface area (Å²) in [6.45, 7) is 3.96. The van der Waals surface area contributed by atoms with Crippen molar-refractivity contribution in [3.63, 3.8) is 0 Å². The van der Waals surface area contributed by atoms with E-state index in [2.05, 4.69) is 0 Å². The third-order valence-electron chi connectivity index (χ3n) is 1.38. The largest absolute Gasteiger partial charge is 0.295 e.